The van der Waals surface area contributed by atoms with Crippen LogP contribution in [0, 0.1) is 3.57 Å². The van der Waals surface area contributed by atoms with Crippen LogP contribution in [0.3, 0.4) is 0 Å². The fourth-order valence-electron chi connectivity index (χ4n) is 1.23. The van der Waals surface area contributed by atoms with Gasteiger partial charge in [0.05, 0.1) is 0 Å². The van der Waals surface area contributed by atoms with Crippen molar-refractivity contribution in [3.8, 4) is 0 Å². The summed E-state index contributed by atoms with van der Waals surface area (Å²) in [6, 6.07) is 6.88. The lowest BCUT2D eigenvalue weighted by Crippen LogP contribution is -1.98. The summed E-state index contributed by atoms with van der Waals surface area (Å²) in [5.41, 5.74) is 2.32. The third-order valence-electron chi connectivity index (χ3n) is 2.08. The molecule has 92 valence electrons. The number of aliphatic imine (C=N–C) groups is 2. The highest BCUT2D eigenvalue weighted by molar-refractivity contribution is 14.1. The molecule has 0 aliphatic carbocycles. The maximum absolute atomic E-state index is 4.42. The van der Waals surface area contributed by atoms with Crippen molar-refractivity contribution in [2.24, 2.45) is 9.98 Å². The Kier molecular flexibility index (Phi) is 5.82. The molecular weight excluding hydrogens is 323 g/mol. The average molecular weight is 342 g/mol. The van der Waals surface area contributed by atoms with Gasteiger partial charge in [0.25, 0.3) is 0 Å². The second kappa shape index (κ2) is 6.89. The van der Waals surface area contributed by atoms with E-state index in [4.69, 9.17) is 0 Å². The summed E-state index contributed by atoms with van der Waals surface area (Å²) in [7, 11) is 0. The van der Waals surface area contributed by atoms with E-state index in [1.807, 2.05) is 18.5 Å². The first-order valence-corrected chi connectivity index (χ1v) is 6.93. The van der Waals surface area contributed by atoms with Gasteiger partial charge in [0.15, 0.2) is 0 Å². The van der Waals surface area contributed by atoms with Gasteiger partial charge in [0.2, 0.25) is 0 Å². The van der Waals surface area contributed by atoms with Crippen molar-refractivity contribution in [1.82, 2.24) is 0 Å². The van der Waals surface area contributed by atoms with Gasteiger partial charge in [0.1, 0.15) is 0 Å². The molecule has 0 spiro atoms. The molecule has 0 saturated heterocycles. The number of rotatable bonds is 4. The molecule has 1 aromatic rings. The molecule has 0 bridgehead atoms. The smallest absolute Gasteiger partial charge is 0.0443 e. The molecule has 0 amide bonds. The number of hydrogen-bond acceptors (Lipinski definition) is 2. The van der Waals surface area contributed by atoms with E-state index in [1.54, 1.807) is 0 Å². The molecule has 0 fully saturated rings. The van der Waals surface area contributed by atoms with Crippen LogP contribution < -0.4 is 0 Å². The Bertz CT molecular complexity index is 384. The van der Waals surface area contributed by atoms with Crippen molar-refractivity contribution in [3.05, 3.63) is 32.9 Å². The summed E-state index contributed by atoms with van der Waals surface area (Å²) in [5, 5.41) is 0. The lowest BCUT2D eigenvalue weighted by atomic mass is 10.1. The van der Waals surface area contributed by atoms with Crippen LogP contribution in [-0.4, -0.2) is 24.5 Å². The number of benzene rings is 1. The molecule has 0 atom stereocenters. The molecule has 0 aliphatic rings. The number of nitrogens with zero attached hydrogens (tertiary/aromatic N) is 2. The Morgan fingerprint density at radius 2 is 1.35 bits per heavy atom. The van der Waals surface area contributed by atoms with Gasteiger partial charge in [-0.3, -0.25) is 9.98 Å². The first-order chi connectivity index (χ1) is 8.00. The monoisotopic (exact) mass is 342 g/mol. The molecule has 17 heavy (non-hydrogen) atoms. The molecule has 2 nitrogen and oxygen atoms in total. The predicted molar refractivity (Wildman–Crippen MR) is 84.6 cm³/mol. The Morgan fingerprint density at radius 1 is 0.941 bits per heavy atom. The normalized spacial score (nSPS) is 12.4. The van der Waals surface area contributed by atoms with Gasteiger partial charge >= 0.3 is 0 Å². The first kappa shape index (κ1) is 14.4. The van der Waals surface area contributed by atoms with Gasteiger partial charge in [-0.2, -0.15) is 0 Å². The van der Waals surface area contributed by atoms with E-state index in [9.17, 15) is 0 Å². The molecule has 0 aromatic heterocycles. The van der Waals surface area contributed by atoms with Crippen molar-refractivity contribution in [1.29, 1.82) is 0 Å². The van der Waals surface area contributed by atoms with Gasteiger partial charge in [-0.1, -0.05) is 18.2 Å². The van der Waals surface area contributed by atoms with Crippen molar-refractivity contribution in [2.75, 3.05) is 0 Å². The highest BCUT2D eigenvalue weighted by Crippen LogP contribution is 2.15. The molecule has 1 aromatic carbocycles. The summed E-state index contributed by atoms with van der Waals surface area (Å²) < 4.78 is 1.21. The fraction of sp³-hybridized carbons (Fsp3) is 0.429. The van der Waals surface area contributed by atoms with E-state index < -0.39 is 0 Å². The van der Waals surface area contributed by atoms with Crippen LogP contribution in [0.4, 0.5) is 0 Å². The van der Waals surface area contributed by atoms with Crippen LogP contribution >= 0.6 is 22.6 Å². The van der Waals surface area contributed by atoms with Crippen LogP contribution in [0.1, 0.15) is 38.8 Å². The summed E-state index contributed by atoms with van der Waals surface area (Å²) >= 11 is 2.35. The Hall–Kier alpha value is -0.710. The second-order valence-electron chi connectivity index (χ2n) is 4.49. The Labute approximate surface area is 117 Å². The average Bonchev–Trinajstić information content (AvgIpc) is 2.25. The summed E-state index contributed by atoms with van der Waals surface area (Å²) in [5.74, 6) is 0. The van der Waals surface area contributed by atoms with Gasteiger partial charge in [-0.05, 0) is 50.3 Å². The molecule has 0 radical (unpaired) electrons. The van der Waals surface area contributed by atoms with E-state index in [-0.39, 0.29) is 0 Å². The van der Waals surface area contributed by atoms with Crippen molar-refractivity contribution < 1.29 is 0 Å². The van der Waals surface area contributed by atoms with Crippen molar-refractivity contribution in [3.63, 3.8) is 0 Å². The van der Waals surface area contributed by atoms with E-state index in [1.165, 1.54) is 3.57 Å². The van der Waals surface area contributed by atoms with Crippen molar-refractivity contribution >= 4 is 35.0 Å². The largest absolute Gasteiger partial charge is 0.290 e. The zero-order valence-electron chi connectivity index (χ0n) is 10.8. The fourth-order valence-corrected chi connectivity index (χ4v) is 1.86. The van der Waals surface area contributed by atoms with E-state index >= 15 is 0 Å². The molecule has 0 saturated carbocycles. The van der Waals surface area contributed by atoms with E-state index in [2.05, 4.69) is 72.4 Å². The summed E-state index contributed by atoms with van der Waals surface area (Å²) in [6.45, 7) is 8.31. The minimum absolute atomic E-state index is 0.332. The predicted octanol–water partition coefficient (Wildman–Crippen LogP) is 3.95. The van der Waals surface area contributed by atoms with Gasteiger partial charge in [0, 0.05) is 39.2 Å². The van der Waals surface area contributed by atoms with Crippen molar-refractivity contribution in [2.45, 2.75) is 39.8 Å². The quantitative estimate of drug-likeness (QED) is 0.585. The first-order valence-electron chi connectivity index (χ1n) is 5.85. The van der Waals surface area contributed by atoms with Gasteiger partial charge in [-0.15, -0.1) is 0 Å². The van der Waals surface area contributed by atoms with Crippen LogP contribution in [-0.2, 0) is 0 Å². The van der Waals surface area contributed by atoms with Crippen LogP contribution in [0.15, 0.2) is 28.2 Å². The molecular formula is C14H19IN2. The van der Waals surface area contributed by atoms with Crippen LogP contribution in [0.25, 0.3) is 0 Å². The van der Waals surface area contributed by atoms with E-state index in [0.29, 0.717) is 12.1 Å². The van der Waals surface area contributed by atoms with Crippen LogP contribution in [0.5, 0.6) is 0 Å². The highest BCUT2D eigenvalue weighted by Gasteiger charge is 2.02. The maximum Gasteiger partial charge on any atom is 0.0443 e. The lowest BCUT2D eigenvalue weighted by Gasteiger charge is -2.04. The minimum Gasteiger partial charge on any atom is -0.290 e. The number of hydrogen-bond donors (Lipinski definition) is 0. The lowest BCUT2D eigenvalue weighted by molar-refractivity contribution is 0.840. The third kappa shape index (κ3) is 4.98. The van der Waals surface area contributed by atoms with Gasteiger partial charge < -0.3 is 0 Å². The van der Waals surface area contributed by atoms with Crippen LogP contribution in [0.2, 0.25) is 0 Å². The molecule has 1 rings (SSSR count). The Balaban J connectivity index is 2.99. The SMILES string of the molecule is CC(C)N=Cc1cccc(C=NC(C)C)c1I. The standard InChI is InChI=1S/C14H19IN2/c1-10(2)16-8-12-6-5-7-13(14(12)15)9-17-11(3)4/h5-11H,1-4H3. The molecule has 0 unspecified atom stereocenters. The Morgan fingerprint density at radius 3 is 1.71 bits per heavy atom. The minimum atomic E-state index is 0.332. The van der Waals surface area contributed by atoms with Gasteiger partial charge in [-0.25, -0.2) is 0 Å². The molecule has 3 heteroatoms. The third-order valence-corrected chi connectivity index (χ3v) is 3.33. The zero-order chi connectivity index (χ0) is 12.8. The second-order valence-corrected chi connectivity index (χ2v) is 5.57. The zero-order valence-corrected chi connectivity index (χ0v) is 13.0. The van der Waals surface area contributed by atoms with E-state index in [0.717, 1.165) is 11.1 Å². The number of halogens is 1. The summed E-state index contributed by atoms with van der Waals surface area (Å²) in [4.78, 5) is 8.84. The molecule has 0 aliphatic heterocycles. The topological polar surface area (TPSA) is 24.7 Å². The molecule has 0 N–H and O–H groups in total. The highest BCUT2D eigenvalue weighted by atomic mass is 127. The summed E-state index contributed by atoms with van der Waals surface area (Å²) in [6.07, 6.45) is 3.89. The molecule has 0 heterocycles. The maximum atomic E-state index is 4.42.